The SMILES string of the molecule is CCCCOc1cc(OCCCC)c2cc(C(N=O)c3ccc(C#N)cc3)c(=O)oc2c1. The highest BCUT2D eigenvalue weighted by atomic mass is 16.5. The molecular weight excluding hydrogens is 408 g/mol. The molecule has 2 aromatic carbocycles. The molecule has 0 fully saturated rings. The van der Waals surface area contributed by atoms with Gasteiger partial charge < -0.3 is 13.9 Å². The molecule has 3 rings (SSSR count). The van der Waals surface area contributed by atoms with E-state index in [9.17, 15) is 9.70 Å². The van der Waals surface area contributed by atoms with E-state index in [-0.39, 0.29) is 5.56 Å². The maximum absolute atomic E-state index is 12.8. The number of ether oxygens (including phenoxy) is 2. The normalized spacial score (nSPS) is 11.7. The van der Waals surface area contributed by atoms with Gasteiger partial charge in [-0.2, -0.15) is 5.26 Å². The van der Waals surface area contributed by atoms with Crippen molar-refractivity contribution in [3.63, 3.8) is 0 Å². The van der Waals surface area contributed by atoms with Crippen LogP contribution in [0.25, 0.3) is 11.0 Å². The van der Waals surface area contributed by atoms with Crippen molar-refractivity contribution in [3.8, 4) is 17.6 Å². The molecule has 32 heavy (non-hydrogen) atoms. The van der Waals surface area contributed by atoms with Gasteiger partial charge in [0.05, 0.1) is 35.8 Å². The van der Waals surface area contributed by atoms with Gasteiger partial charge in [-0.05, 0) is 36.6 Å². The molecule has 1 unspecified atom stereocenters. The lowest BCUT2D eigenvalue weighted by molar-refractivity contribution is 0.296. The van der Waals surface area contributed by atoms with E-state index in [0.29, 0.717) is 46.8 Å². The second kappa shape index (κ2) is 11.1. The first-order chi connectivity index (χ1) is 15.6. The number of nitrogens with zero attached hydrogens (tertiary/aromatic N) is 2. The zero-order valence-corrected chi connectivity index (χ0v) is 18.3. The lowest BCUT2D eigenvalue weighted by Gasteiger charge is -2.14. The van der Waals surface area contributed by atoms with E-state index in [2.05, 4.69) is 19.0 Å². The van der Waals surface area contributed by atoms with E-state index in [1.54, 1.807) is 42.5 Å². The van der Waals surface area contributed by atoms with Crippen LogP contribution in [0, 0.1) is 16.2 Å². The van der Waals surface area contributed by atoms with E-state index in [0.717, 1.165) is 25.7 Å². The molecule has 0 spiro atoms. The second-order valence-electron chi connectivity index (χ2n) is 7.47. The summed E-state index contributed by atoms with van der Waals surface area (Å²) in [5.74, 6) is 1.09. The third-order valence-electron chi connectivity index (χ3n) is 5.09. The Hall–Kier alpha value is -3.66. The van der Waals surface area contributed by atoms with Crippen LogP contribution in [0.15, 0.2) is 56.9 Å². The number of hydrogen-bond acceptors (Lipinski definition) is 7. The Morgan fingerprint density at radius 2 is 1.72 bits per heavy atom. The standard InChI is InChI=1S/C25H26N2O5/c1-3-5-11-30-19-13-22(31-12-6-4-2)20-15-21(25(28)32-23(20)14-19)24(27-29)18-9-7-17(16-26)8-10-18/h7-10,13-15,24H,3-6,11-12H2,1-2H3. The Labute approximate surface area is 186 Å². The van der Waals surface area contributed by atoms with Crippen molar-refractivity contribution in [2.75, 3.05) is 13.2 Å². The van der Waals surface area contributed by atoms with Crippen LogP contribution in [0.3, 0.4) is 0 Å². The summed E-state index contributed by atoms with van der Waals surface area (Å²) in [5.41, 5.74) is 0.724. The molecule has 0 aliphatic carbocycles. The van der Waals surface area contributed by atoms with E-state index in [1.165, 1.54) is 0 Å². The Morgan fingerprint density at radius 3 is 2.34 bits per heavy atom. The summed E-state index contributed by atoms with van der Waals surface area (Å²) in [7, 11) is 0. The number of unbranched alkanes of at least 4 members (excludes halogenated alkanes) is 2. The molecule has 166 valence electrons. The molecule has 7 heteroatoms. The van der Waals surface area contributed by atoms with Crippen LogP contribution in [-0.4, -0.2) is 13.2 Å². The molecule has 0 radical (unpaired) electrons. The minimum absolute atomic E-state index is 0.109. The van der Waals surface area contributed by atoms with Gasteiger partial charge in [0.1, 0.15) is 23.1 Å². The lowest BCUT2D eigenvalue weighted by atomic mass is 9.99. The summed E-state index contributed by atoms with van der Waals surface area (Å²) in [6.07, 6.45) is 3.75. The summed E-state index contributed by atoms with van der Waals surface area (Å²) in [6.45, 7) is 5.20. The Kier molecular flexibility index (Phi) is 7.98. The molecule has 0 amide bonds. The van der Waals surface area contributed by atoms with Gasteiger partial charge in [0, 0.05) is 12.1 Å². The molecule has 0 aliphatic heterocycles. The van der Waals surface area contributed by atoms with E-state index >= 15 is 0 Å². The van der Waals surface area contributed by atoms with Crippen LogP contribution in [0.5, 0.6) is 11.5 Å². The van der Waals surface area contributed by atoms with Crippen LogP contribution in [-0.2, 0) is 0 Å². The fourth-order valence-electron chi connectivity index (χ4n) is 3.27. The Balaban J connectivity index is 2.07. The molecule has 0 N–H and O–H groups in total. The van der Waals surface area contributed by atoms with Crippen molar-refractivity contribution < 1.29 is 13.9 Å². The van der Waals surface area contributed by atoms with Gasteiger partial charge in [-0.25, -0.2) is 4.79 Å². The number of hydrogen-bond donors (Lipinski definition) is 0. The van der Waals surface area contributed by atoms with Crippen molar-refractivity contribution in [1.82, 2.24) is 0 Å². The monoisotopic (exact) mass is 434 g/mol. The summed E-state index contributed by atoms with van der Waals surface area (Å²) < 4.78 is 17.3. The maximum atomic E-state index is 12.8. The molecule has 1 atom stereocenters. The molecule has 1 heterocycles. The molecule has 0 aliphatic rings. The predicted molar refractivity (Wildman–Crippen MR) is 122 cm³/mol. The second-order valence-corrected chi connectivity index (χ2v) is 7.47. The Bertz CT molecular complexity index is 1160. The summed E-state index contributed by atoms with van der Waals surface area (Å²) in [6, 6.07) is 12.4. The third kappa shape index (κ3) is 5.33. The van der Waals surface area contributed by atoms with Gasteiger partial charge in [-0.15, -0.1) is 4.91 Å². The lowest BCUT2D eigenvalue weighted by Crippen LogP contribution is -2.12. The number of nitriles is 1. The zero-order chi connectivity index (χ0) is 22.9. The Morgan fingerprint density at radius 1 is 1.03 bits per heavy atom. The summed E-state index contributed by atoms with van der Waals surface area (Å²) in [5, 5.41) is 12.7. The largest absolute Gasteiger partial charge is 0.493 e. The van der Waals surface area contributed by atoms with Gasteiger partial charge in [-0.1, -0.05) is 44.0 Å². The highest BCUT2D eigenvalue weighted by Crippen LogP contribution is 2.34. The van der Waals surface area contributed by atoms with Crippen LogP contribution in [0.2, 0.25) is 0 Å². The molecule has 7 nitrogen and oxygen atoms in total. The number of benzene rings is 2. The molecule has 0 bridgehead atoms. The average molecular weight is 434 g/mol. The van der Waals surface area contributed by atoms with Crippen LogP contribution in [0.4, 0.5) is 0 Å². The maximum Gasteiger partial charge on any atom is 0.342 e. The van der Waals surface area contributed by atoms with Crippen molar-refractivity contribution >= 4 is 11.0 Å². The minimum Gasteiger partial charge on any atom is -0.493 e. The smallest absolute Gasteiger partial charge is 0.342 e. The van der Waals surface area contributed by atoms with Crippen LogP contribution >= 0.6 is 0 Å². The number of rotatable bonds is 11. The first kappa shape index (κ1) is 23.0. The topological polar surface area (TPSA) is 102 Å². The molecule has 3 aromatic rings. The van der Waals surface area contributed by atoms with Gasteiger partial charge >= 0.3 is 5.63 Å². The zero-order valence-electron chi connectivity index (χ0n) is 18.3. The molecule has 0 saturated heterocycles. The fraction of sp³-hybridized carbons (Fsp3) is 0.360. The quantitative estimate of drug-likeness (QED) is 0.212. The highest BCUT2D eigenvalue weighted by molar-refractivity contribution is 5.85. The highest BCUT2D eigenvalue weighted by Gasteiger charge is 2.22. The number of nitroso groups, excluding NO2 is 1. The van der Waals surface area contributed by atoms with E-state index in [1.807, 2.05) is 6.07 Å². The van der Waals surface area contributed by atoms with Crippen LogP contribution < -0.4 is 15.1 Å². The molecule has 1 aromatic heterocycles. The predicted octanol–water partition coefficient (Wildman–Crippen LogP) is 5.88. The first-order valence-electron chi connectivity index (χ1n) is 10.8. The van der Waals surface area contributed by atoms with Gasteiger partial charge in [0.25, 0.3) is 0 Å². The van der Waals surface area contributed by atoms with Crippen molar-refractivity contribution in [1.29, 1.82) is 5.26 Å². The van der Waals surface area contributed by atoms with Crippen molar-refractivity contribution in [2.45, 2.75) is 45.6 Å². The third-order valence-corrected chi connectivity index (χ3v) is 5.09. The van der Waals surface area contributed by atoms with Gasteiger partial charge in [0.2, 0.25) is 0 Å². The summed E-state index contributed by atoms with van der Waals surface area (Å²) >= 11 is 0. The first-order valence-corrected chi connectivity index (χ1v) is 10.8. The van der Waals surface area contributed by atoms with Gasteiger partial charge in [0.15, 0.2) is 0 Å². The summed E-state index contributed by atoms with van der Waals surface area (Å²) in [4.78, 5) is 24.5. The van der Waals surface area contributed by atoms with Crippen molar-refractivity contribution in [3.05, 3.63) is 74.5 Å². The van der Waals surface area contributed by atoms with E-state index in [4.69, 9.17) is 19.2 Å². The number of fused-ring (bicyclic) bond motifs is 1. The van der Waals surface area contributed by atoms with Crippen LogP contribution in [0.1, 0.15) is 62.3 Å². The fourth-order valence-corrected chi connectivity index (χ4v) is 3.27. The molecular formula is C25H26N2O5. The van der Waals surface area contributed by atoms with Crippen molar-refractivity contribution in [2.24, 2.45) is 5.18 Å². The minimum atomic E-state index is -1.06. The van der Waals surface area contributed by atoms with Gasteiger partial charge in [-0.3, -0.25) is 0 Å². The molecule has 0 saturated carbocycles. The van der Waals surface area contributed by atoms with E-state index < -0.39 is 11.7 Å². The average Bonchev–Trinajstić information content (AvgIpc) is 2.81.